The van der Waals surface area contributed by atoms with Crippen LogP contribution in [0.1, 0.15) is 48.2 Å². The predicted molar refractivity (Wildman–Crippen MR) is 137 cm³/mol. The van der Waals surface area contributed by atoms with Crippen LogP contribution in [0.5, 0.6) is 0 Å². The van der Waals surface area contributed by atoms with E-state index in [9.17, 15) is 0 Å². The molecule has 0 radical (unpaired) electrons. The first-order valence-electron chi connectivity index (χ1n) is 11.9. The summed E-state index contributed by atoms with van der Waals surface area (Å²) in [7, 11) is 0. The fourth-order valence-corrected chi connectivity index (χ4v) is 4.62. The number of hydrogen-bond donors (Lipinski definition) is 0. The van der Waals surface area contributed by atoms with Crippen molar-refractivity contribution in [1.82, 2.24) is 0 Å². The Hall–Kier alpha value is -3.04. The monoisotopic (exact) mass is 457 g/mol. The lowest BCUT2D eigenvalue weighted by atomic mass is 10.1. The molecule has 0 spiro atoms. The van der Waals surface area contributed by atoms with Gasteiger partial charge >= 0.3 is 0 Å². The molecule has 0 amide bonds. The summed E-state index contributed by atoms with van der Waals surface area (Å²) >= 11 is 0. The lowest BCUT2D eigenvalue weighted by Crippen LogP contribution is -3.00. The maximum absolute atomic E-state index is 3.51. The van der Waals surface area contributed by atoms with E-state index in [0.717, 1.165) is 11.4 Å². The van der Waals surface area contributed by atoms with E-state index in [-0.39, 0.29) is 12.4 Å². The van der Waals surface area contributed by atoms with E-state index in [1.807, 2.05) is 0 Å². The first kappa shape index (κ1) is 23.1. The van der Waals surface area contributed by atoms with Gasteiger partial charge in [0.15, 0.2) is 0 Å². The molecule has 0 saturated carbocycles. The van der Waals surface area contributed by atoms with Crippen LogP contribution >= 0.6 is 0 Å². The number of nitrogens with zero attached hydrogens (tertiary/aromatic N) is 2. The van der Waals surface area contributed by atoms with Crippen LogP contribution in [0.25, 0.3) is 24.3 Å². The summed E-state index contributed by atoms with van der Waals surface area (Å²) in [6.45, 7) is 4.75. The van der Waals surface area contributed by atoms with Crippen molar-refractivity contribution in [2.75, 3.05) is 36.0 Å². The lowest BCUT2D eigenvalue weighted by Gasteiger charge is -2.17. The van der Waals surface area contributed by atoms with Crippen LogP contribution in [0.4, 0.5) is 11.4 Å². The fourth-order valence-electron chi connectivity index (χ4n) is 4.62. The topological polar surface area (TPSA) is 20.6 Å². The number of aromatic amines is 1. The smallest absolute Gasteiger partial charge is 0.203 e. The molecule has 2 saturated heterocycles. The van der Waals surface area contributed by atoms with Crippen molar-refractivity contribution in [3.63, 3.8) is 0 Å². The van der Waals surface area contributed by atoms with E-state index in [2.05, 4.69) is 106 Å². The van der Waals surface area contributed by atoms with Crippen molar-refractivity contribution in [3.05, 3.63) is 89.2 Å². The van der Waals surface area contributed by atoms with Gasteiger partial charge < -0.3 is 22.2 Å². The van der Waals surface area contributed by atoms with Crippen molar-refractivity contribution in [2.24, 2.45) is 0 Å². The average molecular weight is 458 g/mol. The Morgan fingerprint density at radius 3 is 1.30 bits per heavy atom. The van der Waals surface area contributed by atoms with Gasteiger partial charge in [-0.25, -0.2) is 4.98 Å². The molecule has 33 heavy (non-hydrogen) atoms. The van der Waals surface area contributed by atoms with Crippen molar-refractivity contribution in [1.29, 1.82) is 0 Å². The molecule has 3 nitrogen and oxygen atoms in total. The van der Waals surface area contributed by atoms with Gasteiger partial charge in [0.2, 0.25) is 11.4 Å². The van der Waals surface area contributed by atoms with Gasteiger partial charge in [0.25, 0.3) is 0 Å². The number of rotatable bonds is 6. The highest BCUT2D eigenvalue weighted by Gasteiger charge is 2.12. The molecule has 0 bridgehead atoms. The molecule has 170 valence electrons. The average Bonchev–Trinajstić information content (AvgIpc) is 3.57. The van der Waals surface area contributed by atoms with E-state index < -0.39 is 0 Å². The number of benzene rings is 2. The first-order valence-corrected chi connectivity index (χ1v) is 11.9. The van der Waals surface area contributed by atoms with E-state index in [0.29, 0.717) is 0 Å². The molecule has 3 aromatic rings. The molecule has 0 aliphatic carbocycles. The second-order valence-electron chi connectivity index (χ2n) is 8.80. The highest BCUT2D eigenvalue weighted by Crippen LogP contribution is 2.22. The third-order valence-electron chi connectivity index (χ3n) is 6.48. The first-order chi connectivity index (χ1) is 15.8. The van der Waals surface area contributed by atoms with Gasteiger partial charge in [0.1, 0.15) is 0 Å². The van der Waals surface area contributed by atoms with Crippen molar-refractivity contribution >= 4 is 35.7 Å². The van der Waals surface area contributed by atoms with Gasteiger partial charge in [0.05, 0.1) is 0 Å². The SMILES string of the molecule is C(=C/c1cccc(/C=C/c2ccc(N3CCCC3)cc2)[nH+]1)/c1ccc(N2CCCC2)cc1.[Cl-]. The summed E-state index contributed by atoms with van der Waals surface area (Å²) in [5, 5.41) is 0. The molecule has 1 N–H and O–H groups in total. The van der Waals surface area contributed by atoms with Crippen molar-refractivity contribution in [3.8, 4) is 0 Å². The molecule has 4 heteroatoms. The van der Waals surface area contributed by atoms with E-state index in [1.54, 1.807) is 0 Å². The number of nitrogens with one attached hydrogen (secondary N) is 1. The van der Waals surface area contributed by atoms with Gasteiger partial charge in [-0.2, -0.15) is 0 Å². The number of aromatic nitrogens is 1. The third-order valence-corrected chi connectivity index (χ3v) is 6.48. The molecular formula is C29H32ClN3. The Kier molecular flexibility index (Phi) is 7.85. The molecule has 2 aliphatic rings. The summed E-state index contributed by atoms with van der Waals surface area (Å²) in [4.78, 5) is 8.45. The van der Waals surface area contributed by atoms with Gasteiger partial charge in [-0.1, -0.05) is 24.3 Å². The molecular weight excluding hydrogens is 426 g/mol. The maximum Gasteiger partial charge on any atom is 0.203 e. The number of halogens is 1. The minimum absolute atomic E-state index is 0. The number of pyridine rings is 1. The molecule has 2 fully saturated rings. The Morgan fingerprint density at radius 1 is 0.515 bits per heavy atom. The van der Waals surface area contributed by atoms with Crippen LogP contribution < -0.4 is 27.2 Å². The number of anilines is 2. The van der Waals surface area contributed by atoms with Crippen LogP contribution in [0.3, 0.4) is 0 Å². The van der Waals surface area contributed by atoms with Gasteiger partial charge in [-0.3, -0.25) is 0 Å². The zero-order valence-corrected chi connectivity index (χ0v) is 19.8. The van der Waals surface area contributed by atoms with Crippen LogP contribution in [0, 0.1) is 0 Å². The van der Waals surface area contributed by atoms with E-state index in [4.69, 9.17) is 0 Å². The molecule has 2 aliphatic heterocycles. The molecule has 0 unspecified atom stereocenters. The van der Waals surface area contributed by atoms with E-state index in [1.165, 1.54) is 74.4 Å². The summed E-state index contributed by atoms with van der Waals surface area (Å²) in [6, 6.07) is 24.1. The molecule has 0 atom stereocenters. The zero-order valence-electron chi connectivity index (χ0n) is 19.1. The second kappa shape index (κ2) is 11.2. The predicted octanol–water partition coefficient (Wildman–Crippen LogP) is 3.05. The van der Waals surface area contributed by atoms with Crippen LogP contribution in [-0.4, -0.2) is 26.2 Å². The zero-order chi connectivity index (χ0) is 21.6. The standard InChI is InChI=1S/C29H31N3.ClH/c1-2-21-31(20-1)28-16-10-24(11-17-28)8-14-26-6-5-7-27(30-26)15-9-25-12-18-29(19-13-25)32-22-3-4-23-32;/h5-19H,1-4,20-23H2;1H/b14-8-,15-9+;. The minimum Gasteiger partial charge on any atom is -1.00 e. The van der Waals surface area contributed by atoms with E-state index >= 15 is 0 Å². The molecule has 3 heterocycles. The van der Waals surface area contributed by atoms with Gasteiger partial charge in [-0.15, -0.1) is 0 Å². The second-order valence-corrected chi connectivity index (χ2v) is 8.80. The summed E-state index contributed by atoms with van der Waals surface area (Å²) in [5.41, 5.74) is 7.32. The fraction of sp³-hybridized carbons (Fsp3) is 0.276. The Bertz CT molecular complexity index is 990. The Labute approximate surface area is 203 Å². The van der Waals surface area contributed by atoms with Crippen molar-refractivity contribution < 1.29 is 17.4 Å². The summed E-state index contributed by atoms with van der Waals surface area (Å²) in [6.07, 6.45) is 13.9. The normalized spacial score (nSPS) is 16.1. The molecule has 2 aromatic carbocycles. The maximum atomic E-state index is 3.51. The molecule has 5 rings (SSSR count). The number of hydrogen-bond acceptors (Lipinski definition) is 2. The Balaban J connectivity index is 0.00000259. The van der Waals surface area contributed by atoms with Crippen molar-refractivity contribution in [2.45, 2.75) is 25.7 Å². The van der Waals surface area contributed by atoms with Gasteiger partial charge in [0, 0.05) is 61.8 Å². The van der Waals surface area contributed by atoms with Gasteiger partial charge in [-0.05, 0) is 79.3 Å². The minimum atomic E-state index is 0. The van der Waals surface area contributed by atoms with Crippen LogP contribution in [0.2, 0.25) is 0 Å². The largest absolute Gasteiger partial charge is 1.00 e. The highest BCUT2D eigenvalue weighted by molar-refractivity contribution is 5.70. The Morgan fingerprint density at radius 2 is 0.909 bits per heavy atom. The third kappa shape index (κ3) is 6.06. The van der Waals surface area contributed by atoms with Crippen LogP contribution in [-0.2, 0) is 0 Å². The lowest BCUT2D eigenvalue weighted by molar-refractivity contribution is -0.383. The quantitative estimate of drug-likeness (QED) is 0.567. The summed E-state index contributed by atoms with van der Waals surface area (Å²) in [5.74, 6) is 0. The molecule has 1 aromatic heterocycles. The summed E-state index contributed by atoms with van der Waals surface area (Å²) < 4.78 is 0. The highest BCUT2D eigenvalue weighted by atomic mass is 35.5. The van der Waals surface area contributed by atoms with Crippen LogP contribution in [0.15, 0.2) is 66.7 Å². The number of H-pyrrole nitrogens is 1.